The predicted molar refractivity (Wildman–Crippen MR) is 62.8 cm³/mol. The van der Waals surface area contributed by atoms with Gasteiger partial charge in [-0.15, -0.1) is 0 Å². The molecule has 13 heavy (non-hydrogen) atoms. The van der Waals surface area contributed by atoms with Gasteiger partial charge in [0.15, 0.2) is 0 Å². The smallest absolute Gasteiger partial charge is 0.281 e. The molecule has 0 saturated carbocycles. The number of halogens is 1. The molecule has 1 rings (SSSR count). The van der Waals surface area contributed by atoms with Crippen LogP contribution in [0.25, 0.3) is 0 Å². The van der Waals surface area contributed by atoms with Crippen LogP contribution in [0.3, 0.4) is 0 Å². The van der Waals surface area contributed by atoms with Crippen molar-refractivity contribution < 1.29 is 9.90 Å². The second kappa shape index (κ2) is 5.12. The summed E-state index contributed by atoms with van der Waals surface area (Å²) in [7, 11) is 0.413. The summed E-state index contributed by atoms with van der Waals surface area (Å²) in [5.74, 6) is 0. The Kier molecular flexibility index (Phi) is 4.41. The minimum atomic E-state index is -0.414. The maximum Gasteiger partial charge on any atom is 0.281 e. The van der Waals surface area contributed by atoms with Gasteiger partial charge in [-0.2, -0.15) is 0 Å². The maximum absolute atomic E-state index is 10.4. The average Bonchev–Trinajstić information content (AvgIpc) is 2.11. The fourth-order valence-corrected chi connectivity index (χ4v) is 2.14. The first kappa shape index (κ1) is 11.2. The SMILES string of the molecule is CC[C@@H]1C=C(I)[C@H](O)CN1BC=O. The molecule has 0 bridgehead atoms. The molecule has 1 N–H and O–H groups in total. The molecule has 3 nitrogen and oxygen atoms in total. The van der Waals surface area contributed by atoms with Gasteiger partial charge in [0.2, 0.25) is 0 Å². The highest BCUT2D eigenvalue weighted by Crippen LogP contribution is 2.22. The lowest BCUT2D eigenvalue weighted by molar-refractivity contribution is 0.164. The molecular formula is C8H13BINO2. The van der Waals surface area contributed by atoms with Gasteiger partial charge in [-0.3, -0.25) is 0 Å². The van der Waals surface area contributed by atoms with Crippen molar-refractivity contribution in [2.45, 2.75) is 25.5 Å². The number of β-amino-alcohol motifs (C(OH)–C–C–N with tert-alkyl or cyclic N) is 1. The van der Waals surface area contributed by atoms with Crippen LogP contribution in [0.1, 0.15) is 13.3 Å². The van der Waals surface area contributed by atoms with Gasteiger partial charge in [0.05, 0.1) is 12.3 Å². The van der Waals surface area contributed by atoms with Crippen molar-refractivity contribution in [3.63, 3.8) is 0 Å². The lowest BCUT2D eigenvalue weighted by atomic mass is 9.88. The Balaban J connectivity index is 2.70. The first-order valence-corrected chi connectivity index (χ1v) is 5.49. The fraction of sp³-hybridized carbons (Fsp3) is 0.625. The van der Waals surface area contributed by atoms with Crippen LogP contribution < -0.4 is 0 Å². The van der Waals surface area contributed by atoms with Crippen LogP contribution in [0.5, 0.6) is 0 Å². The van der Waals surface area contributed by atoms with Crippen molar-refractivity contribution >= 4 is 36.2 Å². The van der Waals surface area contributed by atoms with Gasteiger partial charge in [-0.1, -0.05) is 13.0 Å². The van der Waals surface area contributed by atoms with Gasteiger partial charge >= 0.3 is 0 Å². The minimum absolute atomic E-state index is 0.306. The second-order valence-corrected chi connectivity index (χ2v) is 4.41. The Morgan fingerprint density at radius 1 is 1.92 bits per heavy atom. The molecule has 0 radical (unpaired) electrons. The highest BCUT2D eigenvalue weighted by molar-refractivity contribution is 14.1. The lowest BCUT2D eigenvalue weighted by Crippen LogP contribution is -2.46. The Labute approximate surface area is 92.6 Å². The summed E-state index contributed by atoms with van der Waals surface area (Å²) in [5, 5.41) is 9.55. The molecular weight excluding hydrogens is 280 g/mol. The van der Waals surface area contributed by atoms with E-state index in [2.05, 4.69) is 29.5 Å². The molecule has 0 amide bonds. The second-order valence-electron chi connectivity index (χ2n) is 3.16. The number of rotatable bonds is 3. The molecule has 0 aromatic carbocycles. The van der Waals surface area contributed by atoms with Gasteiger partial charge in [0.25, 0.3) is 7.41 Å². The Hall–Kier alpha value is 0.125. The number of hydrogen-bond acceptors (Lipinski definition) is 3. The van der Waals surface area contributed by atoms with Crippen LogP contribution in [0.15, 0.2) is 9.66 Å². The summed E-state index contributed by atoms with van der Waals surface area (Å²) in [6.07, 6.45) is 3.50. The maximum atomic E-state index is 10.4. The third-order valence-electron chi connectivity index (χ3n) is 2.27. The summed E-state index contributed by atoms with van der Waals surface area (Å²) < 4.78 is 0.992. The number of nitrogens with zero attached hydrogens (tertiary/aromatic N) is 1. The largest absolute Gasteiger partial charge is 0.387 e. The Morgan fingerprint density at radius 2 is 2.62 bits per heavy atom. The average molecular weight is 293 g/mol. The fourth-order valence-electron chi connectivity index (χ4n) is 1.53. The normalized spacial score (nSPS) is 29.6. The van der Waals surface area contributed by atoms with Gasteiger partial charge < -0.3 is 14.7 Å². The summed E-state index contributed by atoms with van der Waals surface area (Å²) in [6.45, 7) is 2.66. The molecule has 0 saturated heterocycles. The molecule has 2 atom stereocenters. The molecule has 0 fully saturated rings. The minimum Gasteiger partial charge on any atom is -0.387 e. The highest BCUT2D eigenvalue weighted by atomic mass is 127. The summed E-state index contributed by atoms with van der Waals surface area (Å²) >= 11 is 2.16. The topological polar surface area (TPSA) is 40.5 Å². The molecule has 0 aromatic rings. The van der Waals surface area contributed by atoms with Crippen molar-refractivity contribution in [1.82, 2.24) is 4.81 Å². The highest BCUT2D eigenvalue weighted by Gasteiger charge is 2.25. The first-order chi connectivity index (χ1) is 6.19. The van der Waals surface area contributed by atoms with Crippen LogP contribution in [0.4, 0.5) is 0 Å². The molecule has 0 spiro atoms. The monoisotopic (exact) mass is 293 g/mol. The number of aliphatic hydroxyl groups excluding tert-OH is 1. The van der Waals surface area contributed by atoms with Crippen LogP contribution in [-0.2, 0) is 4.79 Å². The standard InChI is InChI=1S/C8H13BINO2/c1-2-6-3-7(10)8(13)4-11(6)9-5-12/h3,5-6,8-9,13H,2,4H2,1H3/t6-,8-/m1/s1. The molecule has 0 unspecified atom stereocenters. The number of carbonyl (C=O) groups is 1. The van der Waals surface area contributed by atoms with E-state index in [4.69, 9.17) is 0 Å². The molecule has 0 aliphatic carbocycles. The zero-order valence-corrected chi connectivity index (χ0v) is 9.77. The molecule has 1 heterocycles. The molecule has 1 aliphatic heterocycles. The van der Waals surface area contributed by atoms with Crippen molar-refractivity contribution in [3.05, 3.63) is 9.66 Å². The molecule has 5 heteroatoms. The van der Waals surface area contributed by atoms with Gasteiger partial charge in [-0.05, 0) is 29.0 Å². The molecule has 72 valence electrons. The van der Waals surface area contributed by atoms with Crippen molar-refractivity contribution in [1.29, 1.82) is 0 Å². The van der Waals surface area contributed by atoms with E-state index >= 15 is 0 Å². The number of hydrogen-bond donors (Lipinski definition) is 1. The number of aliphatic hydroxyl groups is 1. The van der Waals surface area contributed by atoms with E-state index in [-0.39, 0.29) is 0 Å². The summed E-state index contributed by atoms with van der Waals surface area (Å²) in [5.41, 5.74) is 0. The van der Waals surface area contributed by atoms with Gasteiger partial charge in [0, 0.05) is 16.2 Å². The lowest BCUT2D eigenvalue weighted by Gasteiger charge is -2.33. The van der Waals surface area contributed by atoms with E-state index in [0.29, 0.717) is 20.0 Å². The van der Waals surface area contributed by atoms with E-state index < -0.39 is 6.10 Å². The van der Waals surface area contributed by atoms with E-state index in [1.54, 1.807) is 0 Å². The van der Waals surface area contributed by atoms with Crippen LogP contribution in [0.2, 0.25) is 0 Å². The van der Waals surface area contributed by atoms with E-state index in [0.717, 1.165) is 16.2 Å². The van der Waals surface area contributed by atoms with E-state index in [1.165, 1.54) is 0 Å². The quantitative estimate of drug-likeness (QED) is 0.462. The van der Waals surface area contributed by atoms with Crippen LogP contribution in [-0.4, -0.2) is 42.2 Å². The zero-order valence-electron chi connectivity index (χ0n) is 7.61. The zero-order chi connectivity index (χ0) is 9.84. The number of carbonyl (C=O) groups excluding carboxylic acids is 1. The Morgan fingerprint density at radius 3 is 3.15 bits per heavy atom. The van der Waals surface area contributed by atoms with Crippen molar-refractivity contribution in [2.75, 3.05) is 6.54 Å². The van der Waals surface area contributed by atoms with Gasteiger partial charge in [0.1, 0.15) is 0 Å². The third kappa shape index (κ3) is 2.79. The summed E-state index contributed by atoms with van der Waals surface area (Å²) in [6, 6.07) is 0.306. The van der Waals surface area contributed by atoms with Crippen molar-refractivity contribution in [2.24, 2.45) is 0 Å². The van der Waals surface area contributed by atoms with Crippen LogP contribution in [0, 0.1) is 0 Å². The first-order valence-electron chi connectivity index (χ1n) is 4.42. The molecule has 0 aromatic heterocycles. The van der Waals surface area contributed by atoms with Crippen molar-refractivity contribution in [3.8, 4) is 0 Å². The molecule has 1 aliphatic rings. The van der Waals surface area contributed by atoms with E-state index in [1.807, 2.05) is 10.9 Å². The van der Waals surface area contributed by atoms with E-state index in [9.17, 15) is 9.90 Å². The Bertz CT molecular complexity index is 222. The summed E-state index contributed by atoms with van der Waals surface area (Å²) in [4.78, 5) is 12.4. The predicted octanol–water partition coefficient (Wildman–Crippen LogP) is 0.302. The third-order valence-corrected chi connectivity index (χ3v) is 3.35. The van der Waals surface area contributed by atoms with Crippen LogP contribution >= 0.6 is 22.6 Å². The van der Waals surface area contributed by atoms with Gasteiger partial charge in [-0.25, -0.2) is 0 Å².